The van der Waals surface area contributed by atoms with E-state index in [1.807, 2.05) is 36.4 Å². The topological polar surface area (TPSA) is 59.1 Å². The molecule has 0 bridgehead atoms. The predicted molar refractivity (Wildman–Crippen MR) is 99.1 cm³/mol. The van der Waals surface area contributed by atoms with Crippen molar-refractivity contribution in [2.75, 3.05) is 11.9 Å². The van der Waals surface area contributed by atoms with Crippen molar-refractivity contribution in [1.29, 1.82) is 0 Å². The number of rotatable bonds is 7. The molecule has 1 heterocycles. The van der Waals surface area contributed by atoms with E-state index in [1.54, 1.807) is 6.07 Å². The summed E-state index contributed by atoms with van der Waals surface area (Å²) in [6, 6.07) is 12.1. The third-order valence-corrected chi connectivity index (χ3v) is 4.47. The van der Waals surface area contributed by atoms with E-state index < -0.39 is 0 Å². The Bertz CT molecular complexity index is 950. The SMILES string of the molecule is O=CCC(=O)CNc1cccc(C=Cc2nc3cc(F)ccc3s2)c1. The van der Waals surface area contributed by atoms with Gasteiger partial charge < -0.3 is 10.1 Å². The maximum atomic E-state index is 13.2. The van der Waals surface area contributed by atoms with Gasteiger partial charge in [-0.05, 0) is 35.9 Å². The zero-order chi connectivity index (χ0) is 17.6. The number of thiazole rings is 1. The minimum atomic E-state index is -0.295. The molecular formula is C19H15FN2O2S. The Morgan fingerprint density at radius 3 is 2.92 bits per heavy atom. The molecule has 0 radical (unpaired) electrons. The minimum absolute atomic E-state index is 0.0786. The summed E-state index contributed by atoms with van der Waals surface area (Å²) in [5.74, 6) is -0.450. The largest absolute Gasteiger partial charge is 0.378 e. The number of carbonyl (C=O) groups excluding carboxylic acids is 2. The number of hydrogen-bond acceptors (Lipinski definition) is 5. The van der Waals surface area contributed by atoms with Crippen LogP contribution < -0.4 is 5.32 Å². The number of anilines is 1. The molecule has 4 nitrogen and oxygen atoms in total. The van der Waals surface area contributed by atoms with Gasteiger partial charge in [-0.1, -0.05) is 18.2 Å². The first kappa shape index (κ1) is 17.0. The quantitative estimate of drug-likeness (QED) is 0.511. The van der Waals surface area contributed by atoms with Crippen molar-refractivity contribution in [3.8, 4) is 0 Å². The Kier molecular flexibility index (Phi) is 5.30. The lowest BCUT2D eigenvalue weighted by Gasteiger charge is -2.05. The summed E-state index contributed by atoms with van der Waals surface area (Å²) < 4.78 is 14.2. The van der Waals surface area contributed by atoms with E-state index in [0.717, 1.165) is 21.0 Å². The molecule has 0 unspecified atom stereocenters. The normalized spacial score (nSPS) is 11.1. The number of ketones is 1. The van der Waals surface area contributed by atoms with Gasteiger partial charge >= 0.3 is 0 Å². The van der Waals surface area contributed by atoms with Gasteiger partial charge in [-0.15, -0.1) is 11.3 Å². The molecule has 25 heavy (non-hydrogen) atoms. The van der Waals surface area contributed by atoms with Crippen LogP contribution in [0.15, 0.2) is 42.5 Å². The van der Waals surface area contributed by atoms with E-state index in [9.17, 15) is 14.0 Å². The fourth-order valence-electron chi connectivity index (χ4n) is 2.28. The lowest BCUT2D eigenvalue weighted by atomic mass is 10.2. The minimum Gasteiger partial charge on any atom is -0.378 e. The number of nitrogens with zero attached hydrogens (tertiary/aromatic N) is 1. The molecule has 0 spiro atoms. The number of aldehydes is 1. The lowest BCUT2D eigenvalue weighted by Crippen LogP contribution is -2.13. The van der Waals surface area contributed by atoms with Crippen molar-refractivity contribution in [3.63, 3.8) is 0 Å². The average molecular weight is 354 g/mol. The smallest absolute Gasteiger partial charge is 0.158 e. The maximum Gasteiger partial charge on any atom is 0.158 e. The van der Waals surface area contributed by atoms with Gasteiger partial charge in [0.25, 0.3) is 0 Å². The highest BCUT2D eigenvalue weighted by molar-refractivity contribution is 7.19. The van der Waals surface area contributed by atoms with Gasteiger partial charge in [0.05, 0.1) is 23.2 Å². The number of Topliss-reactive ketones (excluding diaryl/α,β-unsaturated/α-hetero) is 1. The fourth-order valence-corrected chi connectivity index (χ4v) is 3.13. The lowest BCUT2D eigenvalue weighted by molar-refractivity contribution is -0.120. The summed E-state index contributed by atoms with van der Waals surface area (Å²) in [4.78, 5) is 26.1. The Labute approximate surface area is 148 Å². The van der Waals surface area contributed by atoms with E-state index in [0.29, 0.717) is 11.8 Å². The zero-order valence-electron chi connectivity index (χ0n) is 13.2. The molecule has 126 valence electrons. The Balaban J connectivity index is 1.71. The third kappa shape index (κ3) is 4.58. The van der Waals surface area contributed by atoms with Crippen molar-refractivity contribution in [2.45, 2.75) is 6.42 Å². The van der Waals surface area contributed by atoms with E-state index in [-0.39, 0.29) is 24.6 Å². The maximum absolute atomic E-state index is 13.2. The molecule has 0 atom stereocenters. The second kappa shape index (κ2) is 7.81. The van der Waals surface area contributed by atoms with E-state index in [4.69, 9.17) is 0 Å². The van der Waals surface area contributed by atoms with Crippen molar-refractivity contribution < 1.29 is 14.0 Å². The molecule has 0 aliphatic rings. The third-order valence-electron chi connectivity index (χ3n) is 3.47. The Morgan fingerprint density at radius 2 is 2.08 bits per heavy atom. The van der Waals surface area contributed by atoms with Gasteiger partial charge in [-0.2, -0.15) is 0 Å². The predicted octanol–water partition coefficient (Wildman–Crippen LogP) is 4.18. The average Bonchev–Trinajstić information content (AvgIpc) is 3.01. The molecule has 1 aromatic heterocycles. The van der Waals surface area contributed by atoms with Crippen LogP contribution in [0.1, 0.15) is 17.0 Å². The summed E-state index contributed by atoms with van der Waals surface area (Å²) in [5.41, 5.74) is 2.39. The van der Waals surface area contributed by atoms with Gasteiger partial charge in [-0.25, -0.2) is 9.37 Å². The number of nitrogens with one attached hydrogen (secondary N) is 1. The number of carbonyl (C=O) groups is 2. The summed E-state index contributed by atoms with van der Waals surface area (Å²) in [6.07, 6.45) is 4.31. The van der Waals surface area contributed by atoms with E-state index in [1.165, 1.54) is 23.5 Å². The van der Waals surface area contributed by atoms with Crippen LogP contribution in [0.2, 0.25) is 0 Å². The Hall–Kier alpha value is -2.86. The first-order valence-electron chi connectivity index (χ1n) is 7.67. The van der Waals surface area contributed by atoms with Crippen LogP contribution in [0.3, 0.4) is 0 Å². The zero-order valence-corrected chi connectivity index (χ0v) is 14.1. The summed E-state index contributed by atoms with van der Waals surface area (Å²) >= 11 is 1.49. The van der Waals surface area contributed by atoms with Crippen LogP contribution in [0.25, 0.3) is 22.4 Å². The standard InChI is InChI=1S/C19H15FN2O2S/c20-14-5-6-18-17(11-14)22-19(25-18)7-4-13-2-1-3-15(10-13)21-12-16(24)8-9-23/h1-7,9-11,21H,8,12H2. The first-order chi connectivity index (χ1) is 12.1. The first-order valence-corrected chi connectivity index (χ1v) is 8.49. The molecule has 0 amide bonds. The number of fused-ring (bicyclic) bond motifs is 1. The van der Waals surface area contributed by atoms with Gasteiger partial charge in [0, 0.05) is 11.8 Å². The van der Waals surface area contributed by atoms with Crippen LogP contribution in [0.4, 0.5) is 10.1 Å². The van der Waals surface area contributed by atoms with E-state index in [2.05, 4.69) is 10.3 Å². The second-order valence-electron chi connectivity index (χ2n) is 5.39. The monoisotopic (exact) mass is 354 g/mol. The highest BCUT2D eigenvalue weighted by Crippen LogP contribution is 2.24. The number of aromatic nitrogens is 1. The van der Waals surface area contributed by atoms with Crippen LogP contribution in [-0.2, 0) is 9.59 Å². The summed E-state index contributed by atoms with van der Waals surface area (Å²) in [7, 11) is 0. The molecule has 6 heteroatoms. The second-order valence-corrected chi connectivity index (χ2v) is 6.45. The number of hydrogen-bond donors (Lipinski definition) is 1. The van der Waals surface area contributed by atoms with Gasteiger partial charge in [0.1, 0.15) is 17.1 Å². The van der Waals surface area contributed by atoms with Crippen molar-refractivity contribution in [1.82, 2.24) is 4.98 Å². The molecule has 0 saturated heterocycles. The van der Waals surface area contributed by atoms with Crippen LogP contribution in [-0.4, -0.2) is 23.6 Å². The highest BCUT2D eigenvalue weighted by Gasteiger charge is 2.03. The number of benzene rings is 2. The molecule has 0 aliphatic heterocycles. The summed E-state index contributed by atoms with van der Waals surface area (Å²) in [6.45, 7) is 0.120. The van der Waals surface area contributed by atoms with Gasteiger partial charge in [-0.3, -0.25) is 4.79 Å². The molecule has 0 aliphatic carbocycles. The fraction of sp³-hybridized carbons (Fsp3) is 0.105. The molecule has 1 N–H and O–H groups in total. The van der Waals surface area contributed by atoms with Crippen LogP contribution in [0.5, 0.6) is 0 Å². The molecule has 3 rings (SSSR count). The van der Waals surface area contributed by atoms with Gasteiger partial charge in [0.2, 0.25) is 0 Å². The van der Waals surface area contributed by atoms with Crippen LogP contribution in [0, 0.1) is 5.82 Å². The van der Waals surface area contributed by atoms with Gasteiger partial charge in [0.15, 0.2) is 5.78 Å². The van der Waals surface area contributed by atoms with E-state index >= 15 is 0 Å². The molecule has 3 aromatic rings. The van der Waals surface area contributed by atoms with Crippen molar-refractivity contribution in [3.05, 3.63) is 58.9 Å². The molecule has 0 fully saturated rings. The van der Waals surface area contributed by atoms with Crippen LogP contribution >= 0.6 is 11.3 Å². The van der Waals surface area contributed by atoms with Crippen molar-refractivity contribution in [2.24, 2.45) is 0 Å². The highest BCUT2D eigenvalue weighted by atomic mass is 32.1. The number of halogens is 1. The van der Waals surface area contributed by atoms with Crippen molar-refractivity contribution >= 4 is 51.5 Å². The Morgan fingerprint density at radius 1 is 1.20 bits per heavy atom. The molecule has 0 saturated carbocycles. The molecule has 2 aromatic carbocycles. The summed E-state index contributed by atoms with van der Waals surface area (Å²) in [5, 5.41) is 3.79. The molecular weight excluding hydrogens is 339 g/mol.